The molecule has 3 rings (SSSR count). The van der Waals surface area contributed by atoms with Crippen LogP contribution in [-0.2, 0) is 16.1 Å². The molecule has 122 valence electrons. The molecule has 24 heavy (non-hydrogen) atoms. The van der Waals surface area contributed by atoms with E-state index < -0.39 is 6.10 Å². The predicted octanol–water partition coefficient (Wildman–Crippen LogP) is 3.37. The Morgan fingerprint density at radius 1 is 1.04 bits per heavy atom. The maximum Gasteiger partial charge on any atom is 0.303 e. The van der Waals surface area contributed by atoms with Gasteiger partial charge in [0.25, 0.3) is 0 Å². The summed E-state index contributed by atoms with van der Waals surface area (Å²) in [5.41, 5.74) is 2.05. The van der Waals surface area contributed by atoms with E-state index >= 15 is 0 Å². The summed E-state index contributed by atoms with van der Waals surface area (Å²) in [6.45, 7) is 2.00. The van der Waals surface area contributed by atoms with Crippen LogP contribution < -0.4 is 0 Å². The first-order valence-corrected chi connectivity index (χ1v) is 7.85. The molecule has 0 amide bonds. The first-order chi connectivity index (χ1) is 11.7. The lowest BCUT2D eigenvalue weighted by molar-refractivity contribution is -0.148. The highest BCUT2D eigenvalue weighted by Gasteiger charge is 2.28. The summed E-state index contributed by atoms with van der Waals surface area (Å²) in [5.74, 6) is -0.373. The van der Waals surface area contributed by atoms with Crippen LogP contribution >= 0.6 is 0 Å². The fraction of sp³-hybridized carbons (Fsp3) is 0.211. The molecular formula is C19H19N3O2. The van der Waals surface area contributed by atoms with Gasteiger partial charge in [-0.15, -0.1) is 5.10 Å². The molecule has 0 unspecified atom stereocenters. The van der Waals surface area contributed by atoms with Gasteiger partial charge in [0, 0.05) is 19.0 Å². The molecule has 0 spiro atoms. The maximum atomic E-state index is 11.7. The number of carbonyl (C=O) groups is 1. The standard InChI is InChI=1S/C19H19N3O2/c1-15(23)24-19(17-10-6-3-7-11-17)18(14-22-13-12-20-21-22)16-8-4-2-5-9-16/h2-13,18-19H,14H2,1H3/t18-,19+/m0/s1. The Balaban J connectivity index is 2.01. The van der Waals surface area contributed by atoms with Gasteiger partial charge in [-0.25, -0.2) is 0 Å². The van der Waals surface area contributed by atoms with Gasteiger partial charge in [0.1, 0.15) is 6.10 Å². The number of hydrogen-bond donors (Lipinski definition) is 0. The highest BCUT2D eigenvalue weighted by atomic mass is 16.5. The predicted molar refractivity (Wildman–Crippen MR) is 90.2 cm³/mol. The number of aromatic nitrogens is 3. The SMILES string of the molecule is CC(=O)O[C@H](c1ccccc1)[C@@H](Cn1ccnn1)c1ccccc1. The van der Waals surface area contributed by atoms with Crippen molar-refractivity contribution in [1.29, 1.82) is 0 Å². The summed E-state index contributed by atoms with van der Waals surface area (Å²) in [5, 5.41) is 7.93. The van der Waals surface area contributed by atoms with E-state index in [4.69, 9.17) is 4.74 Å². The van der Waals surface area contributed by atoms with Gasteiger partial charge >= 0.3 is 5.97 Å². The Morgan fingerprint density at radius 3 is 2.21 bits per heavy atom. The van der Waals surface area contributed by atoms with Gasteiger partial charge in [-0.3, -0.25) is 9.48 Å². The topological polar surface area (TPSA) is 57.0 Å². The average molecular weight is 321 g/mol. The van der Waals surface area contributed by atoms with Gasteiger partial charge < -0.3 is 4.74 Å². The van der Waals surface area contributed by atoms with Crippen LogP contribution in [0, 0.1) is 0 Å². The van der Waals surface area contributed by atoms with E-state index in [1.165, 1.54) is 6.92 Å². The van der Waals surface area contributed by atoms with Crippen LogP contribution in [0.5, 0.6) is 0 Å². The lowest BCUT2D eigenvalue weighted by Crippen LogP contribution is -2.22. The molecule has 5 nitrogen and oxygen atoms in total. The highest BCUT2D eigenvalue weighted by Crippen LogP contribution is 2.35. The fourth-order valence-electron chi connectivity index (χ4n) is 2.81. The van der Waals surface area contributed by atoms with Crippen molar-refractivity contribution in [3.8, 4) is 0 Å². The normalized spacial score (nSPS) is 13.2. The minimum Gasteiger partial charge on any atom is -0.457 e. The van der Waals surface area contributed by atoms with Gasteiger partial charge in [0.15, 0.2) is 0 Å². The maximum absolute atomic E-state index is 11.7. The summed E-state index contributed by atoms with van der Waals surface area (Å²) in [4.78, 5) is 11.7. The molecule has 0 saturated carbocycles. The van der Waals surface area contributed by atoms with Gasteiger partial charge in [0.2, 0.25) is 0 Å². The van der Waals surface area contributed by atoms with Gasteiger partial charge in [0.05, 0.1) is 12.7 Å². The van der Waals surface area contributed by atoms with Crippen LogP contribution in [0.25, 0.3) is 0 Å². The van der Waals surface area contributed by atoms with Crippen molar-refractivity contribution in [2.45, 2.75) is 25.5 Å². The second kappa shape index (κ2) is 7.55. The molecule has 0 fully saturated rings. The first kappa shape index (κ1) is 15.9. The van der Waals surface area contributed by atoms with Crippen LogP contribution in [0.1, 0.15) is 30.1 Å². The Kier molecular flexibility index (Phi) is 5.01. The number of hydrogen-bond acceptors (Lipinski definition) is 4. The van der Waals surface area contributed by atoms with Crippen LogP contribution in [0.3, 0.4) is 0 Å². The first-order valence-electron chi connectivity index (χ1n) is 7.85. The van der Waals surface area contributed by atoms with E-state index in [1.807, 2.05) is 66.9 Å². The zero-order valence-electron chi connectivity index (χ0n) is 13.4. The molecule has 0 aliphatic rings. The van der Waals surface area contributed by atoms with Crippen molar-refractivity contribution in [2.24, 2.45) is 0 Å². The third-order valence-corrected chi connectivity index (χ3v) is 3.87. The monoisotopic (exact) mass is 321 g/mol. The molecule has 0 aliphatic heterocycles. The largest absolute Gasteiger partial charge is 0.457 e. The Labute approximate surface area is 140 Å². The second-order valence-corrected chi connectivity index (χ2v) is 5.58. The van der Waals surface area contributed by atoms with Crippen LogP contribution in [0.2, 0.25) is 0 Å². The number of rotatable bonds is 6. The molecule has 2 atom stereocenters. The van der Waals surface area contributed by atoms with E-state index in [0.717, 1.165) is 11.1 Å². The molecular weight excluding hydrogens is 302 g/mol. The lowest BCUT2D eigenvalue weighted by Gasteiger charge is -2.27. The number of carbonyl (C=O) groups excluding carboxylic acids is 1. The smallest absolute Gasteiger partial charge is 0.303 e. The van der Waals surface area contributed by atoms with E-state index in [0.29, 0.717) is 6.54 Å². The van der Waals surface area contributed by atoms with E-state index in [2.05, 4.69) is 10.3 Å². The Bertz CT molecular complexity index is 758. The summed E-state index contributed by atoms with van der Waals surface area (Å²) in [6, 6.07) is 19.8. The van der Waals surface area contributed by atoms with Crippen LogP contribution in [0.15, 0.2) is 73.1 Å². The second-order valence-electron chi connectivity index (χ2n) is 5.58. The number of ether oxygens (including phenoxy) is 1. The van der Waals surface area contributed by atoms with E-state index in [9.17, 15) is 4.79 Å². The summed E-state index contributed by atoms with van der Waals surface area (Å²) in [7, 11) is 0. The van der Waals surface area contributed by atoms with Gasteiger partial charge in [-0.1, -0.05) is 65.9 Å². The minimum absolute atomic E-state index is 0.0702. The van der Waals surface area contributed by atoms with Crippen LogP contribution in [0.4, 0.5) is 0 Å². The van der Waals surface area contributed by atoms with E-state index in [1.54, 1.807) is 10.9 Å². The molecule has 0 saturated heterocycles. The summed E-state index contributed by atoms with van der Waals surface area (Å²) in [6.07, 6.45) is 3.06. The fourth-order valence-corrected chi connectivity index (χ4v) is 2.81. The molecule has 0 N–H and O–H groups in total. The van der Waals surface area contributed by atoms with Crippen molar-refractivity contribution in [1.82, 2.24) is 15.0 Å². The molecule has 2 aromatic carbocycles. The third kappa shape index (κ3) is 3.87. The molecule has 1 aromatic heterocycles. The summed E-state index contributed by atoms with van der Waals surface area (Å²) >= 11 is 0. The number of nitrogens with zero attached hydrogens (tertiary/aromatic N) is 3. The third-order valence-electron chi connectivity index (χ3n) is 3.87. The summed E-state index contributed by atoms with van der Waals surface area (Å²) < 4.78 is 7.46. The van der Waals surface area contributed by atoms with Crippen LogP contribution in [-0.4, -0.2) is 21.0 Å². The number of benzene rings is 2. The van der Waals surface area contributed by atoms with Crippen molar-refractivity contribution < 1.29 is 9.53 Å². The molecule has 3 aromatic rings. The van der Waals surface area contributed by atoms with Gasteiger partial charge in [-0.05, 0) is 11.1 Å². The minimum atomic E-state index is -0.393. The molecule has 0 aliphatic carbocycles. The molecule has 0 radical (unpaired) electrons. The Morgan fingerprint density at radius 2 is 1.67 bits per heavy atom. The molecule has 1 heterocycles. The van der Waals surface area contributed by atoms with Crippen molar-refractivity contribution in [3.05, 3.63) is 84.2 Å². The zero-order valence-corrected chi connectivity index (χ0v) is 13.4. The van der Waals surface area contributed by atoms with Crippen molar-refractivity contribution >= 4 is 5.97 Å². The molecule has 5 heteroatoms. The number of esters is 1. The molecule has 0 bridgehead atoms. The average Bonchev–Trinajstić information content (AvgIpc) is 3.12. The van der Waals surface area contributed by atoms with E-state index in [-0.39, 0.29) is 11.9 Å². The quantitative estimate of drug-likeness (QED) is 0.653. The highest BCUT2D eigenvalue weighted by molar-refractivity contribution is 5.66. The van der Waals surface area contributed by atoms with Crippen molar-refractivity contribution in [3.63, 3.8) is 0 Å². The lowest BCUT2D eigenvalue weighted by atomic mass is 9.89. The van der Waals surface area contributed by atoms with Crippen molar-refractivity contribution in [2.75, 3.05) is 0 Å². The van der Waals surface area contributed by atoms with Gasteiger partial charge in [-0.2, -0.15) is 0 Å². The zero-order chi connectivity index (χ0) is 16.8. The Hall–Kier alpha value is -2.95.